The van der Waals surface area contributed by atoms with Gasteiger partial charge in [0.05, 0.1) is 12.8 Å². The van der Waals surface area contributed by atoms with E-state index >= 15 is 0 Å². The second kappa shape index (κ2) is 3.69. The summed E-state index contributed by atoms with van der Waals surface area (Å²) < 4.78 is 4.97. The molecule has 0 unspecified atom stereocenters. The molecule has 3 heteroatoms. The van der Waals surface area contributed by atoms with Crippen LogP contribution in [0.1, 0.15) is 5.56 Å². The normalized spacial score (nSPS) is 8.83. The van der Waals surface area contributed by atoms with Crippen LogP contribution in [0.2, 0.25) is 0 Å². The zero-order chi connectivity index (χ0) is 8.97. The minimum absolute atomic E-state index is 0.601. The highest BCUT2D eigenvalue weighted by Crippen LogP contribution is 2.23. The van der Waals surface area contributed by atoms with E-state index < -0.39 is 0 Å². The average molecular weight is 163 g/mol. The summed E-state index contributed by atoms with van der Waals surface area (Å²) in [4.78, 5) is 13.5. The minimum atomic E-state index is 0.601. The summed E-state index contributed by atoms with van der Waals surface area (Å²) in [6.45, 7) is 1.87. The van der Waals surface area contributed by atoms with E-state index in [0.29, 0.717) is 11.4 Å². The summed E-state index contributed by atoms with van der Waals surface area (Å²) in [7, 11) is 1.57. The molecule has 0 heterocycles. The maximum absolute atomic E-state index is 9.99. The molecule has 62 valence electrons. The number of methoxy groups -OCH3 is 1. The van der Waals surface area contributed by atoms with Crippen molar-refractivity contribution >= 4 is 11.8 Å². The lowest BCUT2D eigenvalue weighted by molar-refractivity contribution is 0.415. The van der Waals surface area contributed by atoms with E-state index in [1.165, 1.54) is 6.08 Å². The third-order valence-electron chi connectivity index (χ3n) is 1.58. The molecular formula is C9H9NO2. The highest BCUT2D eigenvalue weighted by atomic mass is 16.5. The molecular weight excluding hydrogens is 154 g/mol. The van der Waals surface area contributed by atoms with Crippen LogP contribution in [0.25, 0.3) is 0 Å². The molecule has 0 aliphatic heterocycles. The molecule has 0 atom stereocenters. The number of aryl methyl sites for hydroxylation is 1. The Hall–Kier alpha value is -1.60. The van der Waals surface area contributed by atoms with Crippen LogP contribution < -0.4 is 4.74 Å². The first-order valence-electron chi connectivity index (χ1n) is 3.50. The van der Waals surface area contributed by atoms with Crippen molar-refractivity contribution in [2.75, 3.05) is 7.11 Å². The fraction of sp³-hybridized carbons (Fsp3) is 0.222. The van der Waals surface area contributed by atoms with Crippen molar-refractivity contribution in [3.8, 4) is 5.75 Å². The van der Waals surface area contributed by atoms with E-state index in [9.17, 15) is 4.79 Å². The number of hydrogen-bond donors (Lipinski definition) is 0. The van der Waals surface area contributed by atoms with Crippen LogP contribution in [0.5, 0.6) is 5.75 Å². The van der Waals surface area contributed by atoms with Crippen molar-refractivity contribution in [1.29, 1.82) is 0 Å². The van der Waals surface area contributed by atoms with Gasteiger partial charge in [0.25, 0.3) is 0 Å². The molecule has 1 aromatic carbocycles. The van der Waals surface area contributed by atoms with Gasteiger partial charge in [-0.15, -0.1) is 0 Å². The smallest absolute Gasteiger partial charge is 0.240 e. The number of hydrogen-bond acceptors (Lipinski definition) is 3. The monoisotopic (exact) mass is 163 g/mol. The lowest BCUT2D eigenvalue weighted by Crippen LogP contribution is -1.82. The molecule has 1 aromatic rings. The van der Waals surface area contributed by atoms with Crippen LogP contribution in [0.3, 0.4) is 0 Å². The van der Waals surface area contributed by atoms with E-state index in [1.807, 2.05) is 19.1 Å². The second-order valence-electron chi connectivity index (χ2n) is 2.36. The first-order chi connectivity index (χ1) is 5.77. The standard InChI is InChI=1S/C9H9NO2/c1-7-3-4-8(12-2)5-9(7)10-6-11/h3-5H,1-2H3. The first-order valence-corrected chi connectivity index (χ1v) is 3.50. The molecule has 0 radical (unpaired) electrons. The molecule has 0 saturated heterocycles. The zero-order valence-electron chi connectivity index (χ0n) is 7.00. The summed E-state index contributed by atoms with van der Waals surface area (Å²) in [6, 6.07) is 5.36. The largest absolute Gasteiger partial charge is 0.497 e. The van der Waals surface area contributed by atoms with Gasteiger partial charge in [0.1, 0.15) is 5.75 Å². The van der Waals surface area contributed by atoms with Crippen LogP contribution in [0, 0.1) is 6.92 Å². The van der Waals surface area contributed by atoms with Gasteiger partial charge in [-0.2, -0.15) is 4.99 Å². The summed E-state index contributed by atoms with van der Waals surface area (Å²) in [6.07, 6.45) is 1.50. The van der Waals surface area contributed by atoms with Crippen molar-refractivity contribution < 1.29 is 9.53 Å². The Morgan fingerprint density at radius 3 is 2.83 bits per heavy atom. The summed E-state index contributed by atoms with van der Waals surface area (Å²) in [5.41, 5.74) is 1.53. The van der Waals surface area contributed by atoms with Crippen LogP contribution in [0.15, 0.2) is 23.2 Å². The first kappa shape index (κ1) is 8.50. The number of benzene rings is 1. The Morgan fingerprint density at radius 1 is 1.50 bits per heavy atom. The number of aliphatic imine (C=N–C) groups is 1. The van der Waals surface area contributed by atoms with E-state index in [2.05, 4.69) is 4.99 Å². The Kier molecular flexibility index (Phi) is 2.62. The number of ether oxygens (including phenoxy) is 1. The third kappa shape index (κ3) is 1.71. The SMILES string of the molecule is COc1ccc(C)c(N=C=O)c1. The van der Waals surface area contributed by atoms with Gasteiger partial charge in [-0.05, 0) is 18.6 Å². The Morgan fingerprint density at radius 2 is 2.25 bits per heavy atom. The molecule has 0 aromatic heterocycles. The molecule has 0 bridgehead atoms. The molecule has 0 N–H and O–H groups in total. The number of rotatable bonds is 2. The molecule has 3 nitrogen and oxygen atoms in total. The maximum Gasteiger partial charge on any atom is 0.240 e. The highest BCUT2D eigenvalue weighted by Gasteiger charge is 1.97. The minimum Gasteiger partial charge on any atom is -0.497 e. The van der Waals surface area contributed by atoms with Gasteiger partial charge in [0, 0.05) is 6.07 Å². The summed E-state index contributed by atoms with van der Waals surface area (Å²) >= 11 is 0. The fourth-order valence-corrected chi connectivity index (χ4v) is 0.886. The predicted molar refractivity (Wildman–Crippen MR) is 45.5 cm³/mol. The number of carbonyl (C=O) groups excluding carboxylic acids is 1. The summed E-state index contributed by atoms with van der Waals surface area (Å²) in [5, 5.41) is 0. The third-order valence-corrected chi connectivity index (χ3v) is 1.58. The van der Waals surface area contributed by atoms with E-state index in [1.54, 1.807) is 13.2 Å². The number of isocyanates is 1. The van der Waals surface area contributed by atoms with Crippen LogP contribution in [-0.2, 0) is 4.79 Å². The van der Waals surface area contributed by atoms with Crippen LogP contribution >= 0.6 is 0 Å². The van der Waals surface area contributed by atoms with Gasteiger partial charge < -0.3 is 4.74 Å². The van der Waals surface area contributed by atoms with E-state index in [0.717, 1.165) is 5.56 Å². The molecule has 0 fully saturated rings. The quantitative estimate of drug-likeness (QED) is 0.494. The predicted octanol–water partition coefficient (Wildman–Crippen LogP) is 1.97. The highest BCUT2D eigenvalue weighted by molar-refractivity contribution is 5.55. The van der Waals surface area contributed by atoms with Gasteiger partial charge in [-0.3, -0.25) is 0 Å². The molecule has 0 aliphatic carbocycles. The lowest BCUT2D eigenvalue weighted by atomic mass is 10.2. The van der Waals surface area contributed by atoms with Crippen molar-refractivity contribution in [2.45, 2.75) is 6.92 Å². The van der Waals surface area contributed by atoms with Crippen molar-refractivity contribution in [2.24, 2.45) is 4.99 Å². The fourth-order valence-electron chi connectivity index (χ4n) is 0.886. The molecule has 1 rings (SSSR count). The number of nitrogens with zero attached hydrogens (tertiary/aromatic N) is 1. The van der Waals surface area contributed by atoms with Gasteiger partial charge >= 0.3 is 0 Å². The molecule has 0 aliphatic rings. The molecule has 0 amide bonds. The Bertz CT molecular complexity index is 327. The zero-order valence-corrected chi connectivity index (χ0v) is 7.00. The van der Waals surface area contributed by atoms with Gasteiger partial charge in [-0.1, -0.05) is 6.07 Å². The van der Waals surface area contributed by atoms with E-state index in [4.69, 9.17) is 4.74 Å². The summed E-state index contributed by atoms with van der Waals surface area (Å²) in [5.74, 6) is 0.689. The van der Waals surface area contributed by atoms with E-state index in [-0.39, 0.29) is 0 Å². The molecule has 0 saturated carbocycles. The van der Waals surface area contributed by atoms with Gasteiger partial charge in [-0.25, -0.2) is 4.79 Å². The van der Waals surface area contributed by atoms with Crippen LogP contribution in [-0.4, -0.2) is 13.2 Å². The molecule has 0 spiro atoms. The average Bonchev–Trinajstić information content (AvgIpc) is 2.09. The Balaban J connectivity index is 3.16. The van der Waals surface area contributed by atoms with Gasteiger partial charge in [0.2, 0.25) is 6.08 Å². The molecule has 12 heavy (non-hydrogen) atoms. The van der Waals surface area contributed by atoms with Crippen molar-refractivity contribution in [3.05, 3.63) is 23.8 Å². The van der Waals surface area contributed by atoms with Crippen LogP contribution in [0.4, 0.5) is 5.69 Å². The second-order valence-corrected chi connectivity index (χ2v) is 2.36. The lowest BCUT2D eigenvalue weighted by Gasteiger charge is -2.01. The van der Waals surface area contributed by atoms with Crippen molar-refractivity contribution in [3.63, 3.8) is 0 Å². The van der Waals surface area contributed by atoms with Crippen molar-refractivity contribution in [1.82, 2.24) is 0 Å². The van der Waals surface area contributed by atoms with Gasteiger partial charge in [0.15, 0.2) is 0 Å². The maximum atomic E-state index is 9.99. The Labute approximate surface area is 70.7 Å². The topological polar surface area (TPSA) is 38.7 Å².